The Labute approximate surface area is 107 Å². The van der Waals surface area contributed by atoms with Crippen molar-refractivity contribution in [2.75, 3.05) is 25.0 Å². The van der Waals surface area contributed by atoms with Crippen molar-refractivity contribution < 1.29 is 4.92 Å². The maximum atomic E-state index is 11.1. The second kappa shape index (κ2) is 4.93. The second-order valence-electron chi connectivity index (χ2n) is 5.36. The molecule has 0 unspecified atom stereocenters. The third-order valence-electron chi connectivity index (χ3n) is 2.92. The molecule has 0 amide bonds. The van der Waals surface area contributed by atoms with Crippen LogP contribution in [0.1, 0.15) is 19.5 Å². The molecule has 1 aromatic rings. The SMILES string of the molecule is Cc1nn(C)c(N(C)CC(C)(C)CN)c1[N+](=O)[O-]. The van der Waals surface area contributed by atoms with Crippen LogP contribution in [0.4, 0.5) is 11.5 Å². The van der Waals surface area contributed by atoms with Crippen LogP contribution in [-0.2, 0) is 7.05 Å². The number of hydrogen-bond acceptors (Lipinski definition) is 5. The van der Waals surface area contributed by atoms with E-state index in [1.165, 1.54) is 0 Å². The fourth-order valence-corrected chi connectivity index (χ4v) is 2.06. The zero-order valence-corrected chi connectivity index (χ0v) is 11.6. The molecule has 0 radical (unpaired) electrons. The van der Waals surface area contributed by atoms with E-state index in [1.54, 1.807) is 18.7 Å². The molecule has 0 saturated heterocycles. The largest absolute Gasteiger partial charge is 0.354 e. The van der Waals surface area contributed by atoms with E-state index in [1.807, 2.05) is 25.8 Å². The zero-order valence-electron chi connectivity index (χ0n) is 11.6. The van der Waals surface area contributed by atoms with Gasteiger partial charge in [0.1, 0.15) is 5.69 Å². The number of anilines is 1. The molecule has 7 heteroatoms. The molecule has 0 fully saturated rings. The Bertz CT molecular complexity index is 453. The Morgan fingerprint density at radius 3 is 2.56 bits per heavy atom. The summed E-state index contributed by atoms with van der Waals surface area (Å²) in [5, 5.41) is 15.2. The quantitative estimate of drug-likeness (QED) is 0.627. The summed E-state index contributed by atoms with van der Waals surface area (Å²) in [5.41, 5.74) is 6.07. The van der Waals surface area contributed by atoms with Gasteiger partial charge < -0.3 is 10.6 Å². The first-order valence-electron chi connectivity index (χ1n) is 5.79. The number of nitro groups is 1. The van der Waals surface area contributed by atoms with Gasteiger partial charge in [0, 0.05) is 20.6 Å². The van der Waals surface area contributed by atoms with E-state index in [0.717, 1.165) is 0 Å². The molecule has 0 aliphatic rings. The predicted molar refractivity (Wildman–Crippen MR) is 70.7 cm³/mol. The third-order valence-corrected chi connectivity index (χ3v) is 2.92. The van der Waals surface area contributed by atoms with Gasteiger partial charge in [-0.3, -0.25) is 10.1 Å². The monoisotopic (exact) mass is 255 g/mol. The van der Waals surface area contributed by atoms with Gasteiger partial charge in [-0.05, 0) is 18.9 Å². The minimum atomic E-state index is -0.385. The molecule has 1 aromatic heterocycles. The molecule has 0 aliphatic heterocycles. The zero-order chi connectivity index (χ0) is 14.1. The Morgan fingerprint density at radius 1 is 1.56 bits per heavy atom. The molecule has 0 spiro atoms. The maximum Gasteiger partial charge on any atom is 0.333 e. The van der Waals surface area contributed by atoms with Gasteiger partial charge in [0.15, 0.2) is 0 Å². The van der Waals surface area contributed by atoms with Gasteiger partial charge in [-0.1, -0.05) is 13.8 Å². The van der Waals surface area contributed by atoms with Crippen molar-refractivity contribution in [3.8, 4) is 0 Å². The van der Waals surface area contributed by atoms with Crippen LogP contribution < -0.4 is 10.6 Å². The first-order chi connectivity index (χ1) is 8.19. The van der Waals surface area contributed by atoms with Crippen LogP contribution in [0.25, 0.3) is 0 Å². The van der Waals surface area contributed by atoms with Crippen LogP contribution in [0, 0.1) is 22.5 Å². The molecule has 18 heavy (non-hydrogen) atoms. The van der Waals surface area contributed by atoms with Gasteiger partial charge in [0.2, 0.25) is 5.82 Å². The van der Waals surface area contributed by atoms with E-state index in [2.05, 4.69) is 5.10 Å². The number of aryl methyl sites for hydroxylation is 2. The molecule has 2 N–H and O–H groups in total. The lowest BCUT2D eigenvalue weighted by Crippen LogP contribution is -2.37. The highest BCUT2D eigenvalue weighted by Gasteiger charge is 2.29. The first-order valence-corrected chi connectivity index (χ1v) is 5.79. The normalized spacial score (nSPS) is 11.7. The van der Waals surface area contributed by atoms with Crippen molar-refractivity contribution in [2.24, 2.45) is 18.2 Å². The molecule has 0 aliphatic carbocycles. The van der Waals surface area contributed by atoms with Gasteiger partial charge in [-0.2, -0.15) is 5.10 Å². The number of rotatable bonds is 5. The smallest absolute Gasteiger partial charge is 0.333 e. The molecule has 0 atom stereocenters. The Hall–Kier alpha value is -1.63. The fraction of sp³-hybridized carbons (Fsp3) is 0.727. The van der Waals surface area contributed by atoms with Crippen molar-refractivity contribution >= 4 is 11.5 Å². The summed E-state index contributed by atoms with van der Waals surface area (Å²) >= 11 is 0. The Morgan fingerprint density at radius 2 is 2.11 bits per heavy atom. The highest BCUT2D eigenvalue weighted by atomic mass is 16.6. The van der Waals surface area contributed by atoms with Crippen LogP contribution in [0.3, 0.4) is 0 Å². The topological polar surface area (TPSA) is 90.2 Å². The van der Waals surface area contributed by atoms with Gasteiger partial charge >= 0.3 is 5.69 Å². The van der Waals surface area contributed by atoms with Gasteiger partial charge in [0.05, 0.1) is 4.92 Å². The Kier molecular flexibility index (Phi) is 3.95. The van der Waals surface area contributed by atoms with Crippen molar-refractivity contribution in [1.29, 1.82) is 0 Å². The summed E-state index contributed by atoms with van der Waals surface area (Å²) in [6.07, 6.45) is 0. The average molecular weight is 255 g/mol. The van der Waals surface area contributed by atoms with Gasteiger partial charge in [-0.15, -0.1) is 0 Å². The molecular formula is C11H21N5O2. The minimum absolute atomic E-state index is 0.0628. The van der Waals surface area contributed by atoms with Crippen molar-refractivity contribution in [3.05, 3.63) is 15.8 Å². The van der Waals surface area contributed by atoms with E-state index in [0.29, 0.717) is 24.6 Å². The number of aromatic nitrogens is 2. The third kappa shape index (κ3) is 2.79. The van der Waals surface area contributed by atoms with Crippen molar-refractivity contribution in [1.82, 2.24) is 9.78 Å². The average Bonchev–Trinajstić information content (AvgIpc) is 2.53. The first kappa shape index (κ1) is 14.4. The van der Waals surface area contributed by atoms with E-state index in [4.69, 9.17) is 5.73 Å². The van der Waals surface area contributed by atoms with Crippen molar-refractivity contribution in [3.63, 3.8) is 0 Å². The lowest BCUT2D eigenvalue weighted by Gasteiger charge is -2.29. The summed E-state index contributed by atoms with van der Waals surface area (Å²) in [4.78, 5) is 12.5. The predicted octanol–water partition coefficient (Wildman–Crippen LogP) is 1.06. The fourth-order valence-electron chi connectivity index (χ4n) is 2.06. The number of nitrogens with two attached hydrogens (primary N) is 1. The maximum absolute atomic E-state index is 11.1. The van der Waals surface area contributed by atoms with Crippen LogP contribution in [0.15, 0.2) is 0 Å². The second-order valence-corrected chi connectivity index (χ2v) is 5.36. The molecule has 0 saturated carbocycles. The van der Waals surface area contributed by atoms with E-state index < -0.39 is 0 Å². The van der Waals surface area contributed by atoms with Gasteiger partial charge in [-0.25, -0.2) is 4.68 Å². The molecule has 102 valence electrons. The number of nitrogens with zero attached hydrogens (tertiary/aromatic N) is 4. The molecule has 7 nitrogen and oxygen atoms in total. The summed E-state index contributed by atoms with van der Waals surface area (Å²) in [5.74, 6) is 0.513. The molecular weight excluding hydrogens is 234 g/mol. The minimum Gasteiger partial charge on any atom is -0.354 e. The lowest BCUT2D eigenvalue weighted by molar-refractivity contribution is -0.384. The van der Waals surface area contributed by atoms with Crippen LogP contribution in [0.5, 0.6) is 0 Å². The standard InChI is InChI=1S/C11H21N5O2/c1-8-9(16(17)18)10(15(5)13-8)14(4)7-11(2,3)6-12/h6-7,12H2,1-5H3. The molecule has 1 heterocycles. The molecule has 0 bridgehead atoms. The number of hydrogen-bond donors (Lipinski definition) is 1. The van der Waals surface area contributed by atoms with Gasteiger partial charge in [0.25, 0.3) is 0 Å². The highest BCUT2D eigenvalue weighted by Crippen LogP contribution is 2.31. The summed E-state index contributed by atoms with van der Waals surface area (Å²) in [7, 11) is 3.53. The van der Waals surface area contributed by atoms with E-state index in [-0.39, 0.29) is 16.0 Å². The van der Waals surface area contributed by atoms with Crippen LogP contribution >= 0.6 is 0 Å². The summed E-state index contributed by atoms with van der Waals surface area (Å²) in [6, 6.07) is 0. The summed E-state index contributed by atoms with van der Waals surface area (Å²) in [6.45, 7) is 6.84. The summed E-state index contributed by atoms with van der Waals surface area (Å²) < 4.78 is 1.54. The lowest BCUT2D eigenvalue weighted by atomic mass is 9.93. The van der Waals surface area contributed by atoms with Crippen molar-refractivity contribution in [2.45, 2.75) is 20.8 Å². The van der Waals surface area contributed by atoms with E-state index in [9.17, 15) is 10.1 Å². The Balaban J connectivity index is 3.13. The molecule has 1 rings (SSSR count). The van der Waals surface area contributed by atoms with Crippen LogP contribution in [0.2, 0.25) is 0 Å². The van der Waals surface area contributed by atoms with Crippen LogP contribution in [-0.4, -0.2) is 34.8 Å². The highest BCUT2D eigenvalue weighted by molar-refractivity contribution is 5.60. The van der Waals surface area contributed by atoms with E-state index >= 15 is 0 Å². The molecule has 0 aromatic carbocycles.